The number of amides is 3. The molecule has 0 bridgehead atoms. The Kier molecular flexibility index (Phi) is 13.4. The van der Waals surface area contributed by atoms with Gasteiger partial charge in [0.1, 0.15) is 17.7 Å². The maximum Gasteiger partial charge on any atom is 0.408 e. The van der Waals surface area contributed by atoms with Gasteiger partial charge in [-0.15, -0.1) is 0 Å². The maximum absolute atomic E-state index is 14.2. The van der Waals surface area contributed by atoms with Gasteiger partial charge in [0.2, 0.25) is 11.8 Å². The first kappa shape index (κ1) is 32.2. The van der Waals surface area contributed by atoms with Crippen molar-refractivity contribution in [1.29, 1.82) is 0 Å². The van der Waals surface area contributed by atoms with E-state index >= 15 is 0 Å². The zero-order chi connectivity index (χ0) is 28.2. The van der Waals surface area contributed by atoms with E-state index in [0.29, 0.717) is 18.5 Å². The van der Waals surface area contributed by atoms with E-state index in [1.165, 1.54) is 0 Å². The summed E-state index contributed by atoms with van der Waals surface area (Å²) in [5.74, 6) is -0.401. The van der Waals surface area contributed by atoms with Crippen LogP contribution in [0.15, 0.2) is 30.8 Å². The number of benzene rings is 1. The number of nitrogens with zero attached hydrogens (tertiary/aromatic N) is 1. The van der Waals surface area contributed by atoms with Crippen LogP contribution >= 0.6 is 0 Å². The highest BCUT2D eigenvalue weighted by Gasteiger charge is 2.36. The lowest BCUT2D eigenvalue weighted by molar-refractivity contribution is -0.143. The van der Waals surface area contributed by atoms with Crippen molar-refractivity contribution >= 4 is 24.0 Å². The van der Waals surface area contributed by atoms with Crippen molar-refractivity contribution in [2.75, 3.05) is 6.54 Å². The van der Waals surface area contributed by atoms with E-state index in [1.54, 1.807) is 31.7 Å². The summed E-state index contributed by atoms with van der Waals surface area (Å²) in [7, 11) is 0. The number of ether oxygens (including phenoxy) is 1. The quantitative estimate of drug-likeness (QED) is 0.287. The number of carbonyl (C=O) groups is 3. The van der Waals surface area contributed by atoms with Crippen LogP contribution in [-0.4, -0.2) is 47.0 Å². The number of rotatable bonds is 14. The molecular formula is C30H49N3O4. The number of carbonyl (C=O) groups excluding carboxylic acids is 3. The summed E-state index contributed by atoms with van der Waals surface area (Å²) in [4.78, 5) is 42.1. The van der Waals surface area contributed by atoms with Crippen LogP contribution in [0.3, 0.4) is 0 Å². The minimum Gasteiger partial charge on any atom is -0.444 e. The molecule has 37 heavy (non-hydrogen) atoms. The monoisotopic (exact) mass is 515 g/mol. The Balaban J connectivity index is 3.52. The molecule has 1 aromatic rings. The highest BCUT2D eigenvalue weighted by Crippen LogP contribution is 2.26. The average Bonchev–Trinajstić information content (AvgIpc) is 2.78. The molecule has 0 aliphatic heterocycles. The standard InChI is InChI=1S/C30H49N3O4/c1-10-12-13-14-18-33(28(35)25(19-21(3)4)32-29(36)37-30(7,8)9)26(27(34)31-22(5)6)24-17-15-16-23(11-2)20-24/h11,15-17,20-22,25-26H,2,10,12-14,18-19H2,1,3-9H3,(H,31,34)(H,32,36). The average molecular weight is 516 g/mol. The third-order valence-corrected chi connectivity index (χ3v) is 5.68. The SMILES string of the molecule is C=Cc1cccc(C(C(=O)NC(C)C)N(CCCCCC)C(=O)C(CC(C)C)NC(=O)OC(C)(C)C)c1. The number of hydrogen-bond acceptors (Lipinski definition) is 4. The molecule has 2 unspecified atom stereocenters. The van der Waals surface area contributed by atoms with Crippen LogP contribution in [0.4, 0.5) is 4.79 Å². The fraction of sp³-hybridized carbons (Fsp3) is 0.633. The normalized spacial score (nSPS) is 13.1. The van der Waals surface area contributed by atoms with E-state index in [2.05, 4.69) is 24.1 Å². The second-order valence-electron chi connectivity index (χ2n) is 11.4. The van der Waals surface area contributed by atoms with E-state index in [9.17, 15) is 14.4 Å². The van der Waals surface area contributed by atoms with Crippen molar-refractivity contribution < 1.29 is 19.1 Å². The first-order valence-electron chi connectivity index (χ1n) is 13.6. The van der Waals surface area contributed by atoms with E-state index in [1.807, 2.05) is 52.0 Å². The van der Waals surface area contributed by atoms with Gasteiger partial charge in [-0.2, -0.15) is 0 Å². The lowest BCUT2D eigenvalue weighted by Gasteiger charge is -2.35. The molecule has 7 heteroatoms. The lowest BCUT2D eigenvalue weighted by Crippen LogP contribution is -2.54. The topological polar surface area (TPSA) is 87.7 Å². The molecule has 0 aliphatic rings. The van der Waals surface area contributed by atoms with Crippen molar-refractivity contribution in [3.63, 3.8) is 0 Å². The lowest BCUT2D eigenvalue weighted by atomic mass is 9.97. The molecule has 0 aliphatic carbocycles. The van der Waals surface area contributed by atoms with Crippen molar-refractivity contribution in [2.24, 2.45) is 5.92 Å². The van der Waals surface area contributed by atoms with Gasteiger partial charge < -0.3 is 20.3 Å². The Morgan fingerprint density at radius 3 is 2.27 bits per heavy atom. The molecule has 2 N–H and O–H groups in total. The minimum atomic E-state index is -0.841. The Morgan fingerprint density at radius 2 is 1.73 bits per heavy atom. The van der Waals surface area contributed by atoms with Crippen LogP contribution in [0, 0.1) is 5.92 Å². The predicted molar refractivity (Wildman–Crippen MR) is 151 cm³/mol. The van der Waals surface area contributed by atoms with Crippen LogP contribution in [-0.2, 0) is 14.3 Å². The van der Waals surface area contributed by atoms with Gasteiger partial charge in [-0.25, -0.2) is 4.79 Å². The van der Waals surface area contributed by atoms with Crippen LogP contribution in [0.1, 0.15) is 105 Å². The first-order valence-corrected chi connectivity index (χ1v) is 13.6. The van der Waals surface area contributed by atoms with E-state index < -0.39 is 23.8 Å². The van der Waals surface area contributed by atoms with Crippen molar-refractivity contribution in [2.45, 2.75) is 111 Å². The molecule has 0 saturated carbocycles. The van der Waals surface area contributed by atoms with Gasteiger partial charge >= 0.3 is 6.09 Å². The minimum absolute atomic E-state index is 0.0963. The largest absolute Gasteiger partial charge is 0.444 e. The second-order valence-corrected chi connectivity index (χ2v) is 11.4. The summed E-state index contributed by atoms with van der Waals surface area (Å²) in [5, 5.41) is 5.79. The van der Waals surface area contributed by atoms with Gasteiger partial charge in [-0.1, -0.05) is 70.9 Å². The molecular weight excluding hydrogens is 466 g/mol. The summed E-state index contributed by atoms with van der Waals surface area (Å²) in [6.07, 6.45) is 5.31. The smallest absolute Gasteiger partial charge is 0.408 e. The molecule has 0 fully saturated rings. The number of alkyl carbamates (subject to hydrolysis) is 1. The van der Waals surface area contributed by atoms with E-state index in [-0.39, 0.29) is 23.8 Å². The van der Waals surface area contributed by atoms with Crippen LogP contribution in [0.5, 0.6) is 0 Å². The number of unbranched alkanes of at least 4 members (excludes halogenated alkanes) is 3. The zero-order valence-electron chi connectivity index (χ0n) is 24.2. The molecule has 208 valence electrons. The fourth-order valence-electron chi connectivity index (χ4n) is 4.11. The first-order chi connectivity index (χ1) is 17.3. The van der Waals surface area contributed by atoms with Crippen molar-refractivity contribution in [1.82, 2.24) is 15.5 Å². The van der Waals surface area contributed by atoms with Gasteiger partial charge in [-0.05, 0) is 70.6 Å². The van der Waals surface area contributed by atoms with Gasteiger partial charge in [0.25, 0.3) is 0 Å². The molecule has 0 saturated heterocycles. The van der Waals surface area contributed by atoms with Crippen LogP contribution in [0.2, 0.25) is 0 Å². The molecule has 1 rings (SSSR count). The summed E-state index contributed by atoms with van der Waals surface area (Å²) in [6.45, 7) is 19.5. The summed E-state index contributed by atoms with van der Waals surface area (Å²) in [5.41, 5.74) is 0.879. The molecule has 0 aromatic heterocycles. The third kappa shape index (κ3) is 11.8. The van der Waals surface area contributed by atoms with E-state index in [4.69, 9.17) is 4.74 Å². The van der Waals surface area contributed by atoms with Gasteiger partial charge in [0.15, 0.2) is 0 Å². The summed E-state index contributed by atoms with van der Waals surface area (Å²) >= 11 is 0. The Morgan fingerprint density at radius 1 is 1.05 bits per heavy atom. The Labute approximate surface area is 224 Å². The number of hydrogen-bond donors (Lipinski definition) is 2. The third-order valence-electron chi connectivity index (χ3n) is 5.68. The molecule has 1 aromatic carbocycles. The Hall–Kier alpha value is -2.83. The highest BCUT2D eigenvalue weighted by molar-refractivity contribution is 5.92. The fourth-order valence-corrected chi connectivity index (χ4v) is 4.11. The van der Waals surface area contributed by atoms with Gasteiger partial charge in [0.05, 0.1) is 0 Å². The summed E-state index contributed by atoms with van der Waals surface area (Å²) < 4.78 is 5.46. The second kappa shape index (κ2) is 15.4. The highest BCUT2D eigenvalue weighted by atomic mass is 16.6. The molecule has 0 radical (unpaired) electrons. The predicted octanol–water partition coefficient (Wildman–Crippen LogP) is 6.24. The molecule has 0 spiro atoms. The van der Waals surface area contributed by atoms with Gasteiger partial charge in [-0.3, -0.25) is 9.59 Å². The number of nitrogens with one attached hydrogen (secondary N) is 2. The van der Waals surface area contributed by atoms with Crippen LogP contribution < -0.4 is 10.6 Å². The molecule has 0 heterocycles. The van der Waals surface area contributed by atoms with E-state index in [0.717, 1.165) is 31.2 Å². The molecule has 2 atom stereocenters. The van der Waals surface area contributed by atoms with Crippen LogP contribution in [0.25, 0.3) is 6.08 Å². The molecule has 7 nitrogen and oxygen atoms in total. The maximum atomic E-state index is 14.2. The Bertz CT molecular complexity index is 889. The summed E-state index contributed by atoms with van der Waals surface area (Å²) in [6, 6.07) is 5.77. The van der Waals surface area contributed by atoms with Gasteiger partial charge in [0, 0.05) is 12.6 Å². The van der Waals surface area contributed by atoms with Crippen molar-refractivity contribution in [3.05, 3.63) is 42.0 Å². The van der Waals surface area contributed by atoms with Crippen molar-refractivity contribution in [3.8, 4) is 0 Å². The zero-order valence-corrected chi connectivity index (χ0v) is 24.2. The molecule has 3 amide bonds.